The molecule has 6 heteroatoms. The van der Waals surface area contributed by atoms with E-state index in [1.165, 1.54) is 0 Å². The van der Waals surface area contributed by atoms with Crippen molar-refractivity contribution in [3.63, 3.8) is 0 Å². The predicted octanol–water partition coefficient (Wildman–Crippen LogP) is 0.405. The average molecular weight is 262 g/mol. The molecule has 2 amide bonds. The number of nitrogens with two attached hydrogens (primary N) is 1. The molecule has 19 heavy (non-hydrogen) atoms. The third-order valence-corrected chi connectivity index (χ3v) is 3.03. The monoisotopic (exact) mass is 262 g/mol. The Hall–Kier alpha value is -2.11. The summed E-state index contributed by atoms with van der Waals surface area (Å²) < 4.78 is 0. The molecule has 1 atom stereocenters. The lowest BCUT2D eigenvalue weighted by molar-refractivity contribution is -0.119. The van der Waals surface area contributed by atoms with Crippen LogP contribution in [0.2, 0.25) is 0 Å². The summed E-state index contributed by atoms with van der Waals surface area (Å²) in [6.45, 7) is 4.45. The quantitative estimate of drug-likeness (QED) is 0.734. The molecule has 1 saturated heterocycles. The molecule has 1 fully saturated rings. The van der Waals surface area contributed by atoms with Crippen LogP contribution >= 0.6 is 0 Å². The van der Waals surface area contributed by atoms with Gasteiger partial charge in [-0.1, -0.05) is 13.8 Å². The van der Waals surface area contributed by atoms with E-state index < -0.39 is 0 Å². The van der Waals surface area contributed by atoms with Gasteiger partial charge in [0, 0.05) is 24.2 Å². The third kappa shape index (κ3) is 3.21. The molecular weight excluding hydrogens is 244 g/mol. The van der Waals surface area contributed by atoms with Gasteiger partial charge in [-0.3, -0.25) is 9.59 Å². The summed E-state index contributed by atoms with van der Waals surface area (Å²) in [6, 6.07) is 3.13. The molecule has 0 saturated carbocycles. The molecule has 1 aromatic heterocycles. The van der Waals surface area contributed by atoms with Crippen LogP contribution in [0.15, 0.2) is 12.1 Å². The van der Waals surface area contributed by atoms with Crippen molar-refractivity contribution >= 4 is 17.6 Å². The van der Waals surface area contributed by atoms with Crippen LogP contribution < -0.4 is 16.4 Å². The summed E-state index contributed by atoms with van der Waals surface area (Å²) in [7, 11) is 0. The molecule has 6 nitrogen and oxygen atoms in total. The number of carbonyl (C=O) groups is 2. The van der Waals surface area contributed by atoms with Crippen molar-refractivity contribution in [3.8, 4) is 0 Å². The van der Waals surface area contributed by atoms with E-state index in [9.17, 15) is 9.59 Å². The molecule has 2 rings (SSSR count). The fourth-order valence-electron chi connectivity index (χ4n) is 1.98. The Bertz CT molecular complexity index is 513. The van der Waals surface area contributed by atoms with Crippen LogP contribution in [0.1, 0.15) is 42.2 Å². The van der Waals surface area contributed by atoms with Crippen molar-refractivity contribution in [1.82, 2.24) is 15.6 Å². The number of hydrogen-bond donors (Lipinski definition) is 3. The second-order valence-corrected chi connectivity index (χ2v) is 5.04. The van der Waals surface area contributed by atoms with E-state index in [1.54, 1.807) is 12.1 Å². The number of nitrogen functional groups attached to an aromatic ring is 1. The van der Waals surface area contributed by atoms with E-state index in [-0.39, 0.29) is 23.8 Å². The van der Waals surface area contributed by atoms with Crippen LogP contribution in [0, 0.1) is 0 Å². The van der Waals surface area contributed by atoms with Crippen LogP contribution in [0.4, 0.5) is 5.82 Å². The number of nitrogens with zero attached hydrogens (tertiary/aromatic N) is 1. The number of pyridine rings is 1. The van der Waals surface area contributed by atoms with Gasteiger partial charge in [0.2, 0.25) is 5.91 Å². The van der Waals surface area contributed by atoms with Gasteiger partial charge < -0.3 is 16.4 Å². The second-order valence-electron chi connectivity index (χ2n) is 5.04. The zero-order valence-electron chi connectivity index (χ0n) is 11.1. The third-order valence-electron chi connectivity index (χ3n) is 3.03. The number of hydrogen-bond acceptors (Lipinski definition) is 4. The fraction of sp³-hybridized carbons (Fsp3) is 0.462. The first-order valence-electron chi connectivity index (χ1n) is 6.30. The van der Waals surface area contributed by atoms with Crippen molar-refractivity contribution in [3.05, 3.63) is 23.4 Å². The highest BCUT2D eigenvalue weighted by atomic mass is 16.2. The molecule has 0 radical (unpaired) electrons. The molecule has 1 unspecified atom stereocenters. The largest absolute Gasteiger partial charge is 0.384 e. The van der Waals surface area contributed by atoms with Crippen molar-refractivity contribution in [1.29, 1.82) is 0 Å². The maximum absolute atomic E-state index is 12.1. The second kappa shape index (κ2) is 5.26. The molecule has 4 N–H and O–H groups in total. The van der Waals surface area contributed by atoms with E-state index in [0.717, 1.165) is 5.69 Å². The highest BCUT2D eigenvalue weighted by molar-refractivity contribution is 5.95. The molecule has 0 aliphatic carbocycles. The summed E-state index contributed by atoms with van der Waals surface area (Å²) in [4.78, 5) is 27.4. The summed E-state index contributed by atoms with van der Waals surface area (Å²) in [5.41, 5.74) is 6.97. The van der Waals surface area contributed by atoms with Crippen LogP contribution in [-0.4, -0.2) is 29.4 Å². The Morgan fingerprint density at radius 3 is 2.84 bits per heavy atom. The summed E-state index contributed by atoms with van der Waals surface area (Å²) >= 11 is 0. The zero-order valence-corrected chi connectivity index (χ0v) is 11.1. The number of nitrogens with one attached hydrogen (secondary N) is 2. The van der Waals surface area contributed by atoms with Crippen molar-refractivity contribution in [2.45, 2.75) is 32.2 Å². The molecular formula is C13H18N4O2. The van der Waals surface area contributed by atoms with Gasteiger partial charge >= 0.3 is 0 Å². The molecule has 1 aliphatic heterocycles. The topological polar surface area (TPSA) is 97.1 Å². The molecule has 1 aromatic rings. The first-order chi connectivity index (χ1) is 8.95. The first kappa shape index (κ1) is 13.3. The molecule has 2 heterocycles. The maximum atomic E-state index is 12.1. The molecule has 0 spiro atoms. The highest BCUT2D eigenvalue weighted by Gasteiger charge is 2.23. The van der Waals surface area contributed by atoms with Gasteiger partial charge in [-0.05, 0) is 18.1 Å². The van der Waals surface area contributed by atoms with E-state index in [2.05, 4.69) is 15.6 Å². The van der Waals surface area contributed by atoms with Gasteiger partial charge in [0.25, 0.3) is 5.91 Å². The molecule has 0 bridgehead atoms. The van der Waals surface area contributed by atoms with E-state index in [1.807, 2.05) is 13.8 Å². The molecule has 102 valence electrons. The Labute approximate surface area is 111 Å². The van der Waals surface area contributed by atoms with Gasteiger partial charge in [0.05, 0.1) is 6.04 Å². The fourth-order valence-corrected chi connectivity index (χ4v) is 1.98. The van der Waals surface area contributed by atoms with Gasteiger partial charge in [0.15, 0.2) is 0 Å². The minimum absolute atomic E-state index is 0.0394. The average Bonchev–Trinajstić information content (AvgIpc) is 2.73. The van der Waals surface area contributed by atoms with Crippen LogP contribution in [-0.2, 0) is 4.79 Å². The Morgan fingerprint density at radius 1 is 1.53 bits per heavy atom. The number of rotatable bonds is 3. The van der Waals surface area contributed by atoms with Gasteiger partial charge in [-0.25, -0.2) is 4.98 Å². The first-order valence-corrected chi connectivity index (χ1v) is 6.30. The summed E-state index contributed by atoms with van der Waals surface area (Å²) in [6.07, 6.45) is 0.323. The maximum Gasteiger partial charge on any atom is 0.251 e. The number of aromatic nitrogens is 1. The summed E-state index contributed by atoms with van der Waals surface area (Å²) in [5, 5.41) is 5.49. The smallest absolute Gasteiger partial charge is 0.251 e. The Kier molecular flexibility index (Phi) is 3.69. The van der Waals surface area contributed by atoms with Crippen molar-refractivity contribution in [2.75, 3.05) is 12.3 Å². The van der Waals surface area contributed by atoms with Crippen LogP contribution in [0.3, 0.4) is 0 Å². The van der Waals surface area contributed by atoms with Crippen LogP contribution in [0.25, 0.3) is 0 Å². The Balaban J connectivity index is 2.12. The summed E-state index contributed by atoms with van der Waals surface area (Å²) in [5.74, 6) is 0.265. The number of carbonyl (C=O) groups excluding carboxylic acids is 2. The van der Waals surface area contributed by atoms with Crippen molar-refractivity contribution < 1.29 is 9.59 Å². The Morgan fingerprint density at radius 2 is 2.26 bits per heavy atom. The van der Waals surface area contributed by atoms with Gasteiger partial charge in [0.1, 0.15) is 5.82 Å². The van der Waals surface area contributed by atoms with Gasteiger partial charge in [-0.2, -0.15) is 0 Å². The lowest BCUT2D eigenvalue weighted by Crippen LogP contribution is -2.36. The lowest BCUT2D eigenvalue weighted by atomic mass is 10.1. The number of amides is 2. The van der Waals surface area contributed by atoms with Crippen molar-refractivity contribution in [2.24, 2.45) is 0 Å². The molecule has 1 aliphatic rings. The number of anilines is 1. The SMILES string of the molecule is CC(C)c1cc(C(=O)NC2CNC(=O)C2)cc(N)n1. The standard InChI is InChI=1S/C13H18N4O2/c1-7(2)10-3-8(4-11(14)17-10)13(19)16-9-5-12(18)15-6-9/h3-4,7,9H,5-6H2,1-2H3,(H2,14,17)(H,15,18)(H,16,19). The lowest BCUT2D eigenvalue weighted by Gasteiger charge is -2.12. The van der Waals surface area contributed by atoms with E-state index >= 15 is 0 Å². The molecule has 0 aromatic carbocycles. The minimum Gasteiger partial charge on any atom is -0.384 e. The minimum atomic E-state index is -0.225. The highest BCUT2D eigenvalue weighted by Crippen LogP contribution is 2.16. The van der Waals surface area contributed by atoms with Crippen LogP contribution in [0.5, 0.6) is 0 Å². The van der Waals surface area contributed by atoms with Gasteiger partial charge in [-0.15, -0.1) is 0 Å². The van der Waals surface area contributed by atoms with E-state index in [4.69, 9.17) is 5.73 Å². The normalized spacial score (nSPS) is 18.5. The predicted molar refractivity (Wildman–Crippen MR) is 71.6 cm³/mol. The zero-order chi connectivity index (χ0) is 14.0. The van der Waals surface area contributed by atoms with E-state index in [0.29, 0.717) is 24.3 Å².